The van der Waals surface area contributed by atoms with Gasteiger partial charge in [0.05, 0.1) is 6.07 Å². The van der Waals surface area contributed by atoms with E-state index in [2.05, 4.69) is 13.0 Å². The van der Waals surface area contributed by atoms with E-state index in [9.17, 15) is 5.26 Å². The van der Waals surface area contributed by atoms with Crippen LogP contribution in [0.25, 0.3) is 0 Å². The van der Waals surface area contributed by atoms with Crippen molar-refractivity contribution in [2.45, 2.75) is 94.3 Å². The number of rotatable bonds is 4. The van der Waals surface area contributed by atoms with E-state index >= 15 is 0 Å². The topological polar surface area (TPSA) is 23.8 Å². The van der Waals surface area contributed by atoms with Crippen LogP contribution in [0.15, 0.2) is 0 Å². The maximum absolute atomic E-state index is 9.71. The number of hydrogen-bond donors (Lipinski definition) is 0. The first kappa shape index (κ1) is 16.8. The van der Waals surface area contributed by atoms with Gasteiger partial charge in [0.25, 0.3) is 0 Å². The molecule has 142 valence electrons. The molecule has 8 fully saturated rings. The summed E-state index contributed by atoms with van der Waals surface area (Å²) >= 11 is 0. The molecule has 0 aromatic carbocycles. The minimum Gasteiger partial charge on any atom is -0.198 e. The second-order valence-corrected chi connectivity index (χ2v) is 15.0. The molecule has 0 radical (unpaired) electrons. The highest BCUT2D eigenvalue weighted by molar-refractivity contribution is 7.61. The van der Waals surface area contributed by atoms with Gasteiger partial charge >= 0.3 is 0 Å². The molecule has 0 aliphatic heterocycles. The van der Waals surface area contributed by atoms with Crippen LogP contribution in [-0.4, -0.2) is 16.5 Å². The third kappa shape index (κ3) is 2.43. The van der Waals surface area contributed by atoms with Crippen LogP contribution in [0.4, 0.5) is 0 Å². The molecule has 0 amide bonds. The molecule has 8 aliphatic carbocycles. The van der Waals surface area contributed by atoms with Crippen molar-refractivity contribution in [1.29, 1.82) is 5.26 Å². The van der Waals surface area contributed by atoms with Crippen molar-refractivity contribution in [3.05, 3.63) is 0 Å². The van der Waals surface area contributed by atoms with Crippen molar-refractivity contribution >= 4 is 7.92 Å². The van der Waals surface area contributed by atoms with Crippen molar-refractivity contribution in [3.8, 4) is 6.07 Å². The molecule has 8 rings (SSSR count). The summed E-state index contributed by atoms with van der Waals surface area (Å²) in [6.45, 7) is 2.25. The normalized spacial score (nSPS) is 55.7. The van der Waals surface area contributed by atoms with E-state index in [1.54, 1.807) is 77.0 Å². The first-order valence-electron chi connectivity index (χ1n) is 11.7. The van der Waals surface area contributed by atoms with Gasteiger partial charge in [-0.05, 0) is 136 Å². The van der Waals surface area contributed by atoms with Gasteiger partial charge in [0, 0.05) is 5.92 Å². The Bertz CT molecular complexity index is 516. The minimum atomic E-state index is 0.0234. The lowest BCUT2D eigenvalue weighted by Crippen LogP contribution is -2.57. The molecule has 0 unspecified atom stereocenters. The molecule has 8 saturated carbocycles. The first-order valence-corrected chi connectivity index (χ1v) is 13.3. The molecule has 2 heteroatoms. The Balaban J connectivity index is 1.39. The van der Waals surface area contributed by atoms with Gasteiger partial charge in [-0.2, -0.15) is 5.26 Å². The zero-order chi connectivity index (χ0) is 17.5. The zero-order valence-corrected chi connectivity index (χ0v) is 17.5. The lowest BCUT2D eigenvalue weighted by molar-refractivity contribution is 0.0184. The first-order chi connectivity index (χ1) is 12.6. The summed E-state index contributed by atoms with van der Waals surface area (Å²) < 4.78 is 0. The molecule has 0 heterocycles. The van der Waals surface area contributed by atoms with E-state index in [4.69, 9.17) is 0 Å². The smallest absolute Gasteiger partial charge is 0.0656 e. The highest BCUT2D eigenvalue weighted by Crippen LogP contribution is 2.79. The maximum Gasteiger partial charge on any atom is 0.0656 e. The van der Waals surface area contributed by atoms with Crippen molar-refractivity contribution in [1.82, 2.24) is 0 Å². The average molecular weight is 370 g/mol. The third-order valence-corrected chi connectivity index (χ3v) is 14.1. The molecule has 0 saturated heterocycles. The van der Waals surface area contributed by atoms with Crippen LogP contribution in [-0.2, 0) is 0 Å². The maximum atomic E-state index is 9.71. The summed E-state index contributed by atoms with van der Waals surface area (Å²) in [5.41, 5.74) is 0. The Morgan fingerprint density at radius 2 is 1.04 bits per heavy atom. The lowest BCUT2D eigenvalue weighted by atomic mass is 9.55. The molecule has 8 aliphatic rings. The van der Waals surface area contributed by atoms with Crippen LogP contribution in [0.2, 0.25) is 0 Å². The van der Waals surface area contributed by atoms with Crippen molar-refractivity contribution < 1.29 is 0 Å². The second kappa shape index (κ2) is 5.72. The SMILES string of the molecule is C[C@H](C#N)CP(C12CC3CC(CC(C3)C1)C2)C12CC3CC(CC(C3)C1)C2. The minimum absolute atomic E-state index is 0.0234. The van der Waals surface area contributed by atoms with Crippen LogP contribution in [0.5, 0.6) is 0 Å². The summed E-state index contributed by atoms with van der Waals surface area (Å²) in [6, 6.07) is 2.68. The lowest BCUT2D eigenvalue weighted by Gasteiger charge is -2.67. The summed E-state index contributed by atoms with van der Waals surface area (Å²) in [5.74, 6) is 6.70. The van der Waals surface area contributed by atoms with Crippen LogP contribution < -0.4 is 0 Å². The Kier molecular flexibility index (Phi) is 3.71. The Labute approximate surface area is 161 Å². The molecule has 0 aromatic heterocycles. The van der Waals surface area contributed by atoms with Gasteiger partial charge in [0.15, 0.2) is 0 Å². The summed E-state index contributed by atoms with van der Waals surface area (Å²) in [4.78, 5) is 0. The molecule has 0 N–H and O–H groups in total. The molecule has 1 atom stereocenters. The van der Waals surface area contributed by atoms with E-state index in [0.29, 0.717) is 16.2 Å². The fraction of sp³-hybridized carbons (Fsp3) is 0.958. The molecular formula is C24H36NP. The fourth-order valence-corrected chi connectivity index (χ4v) is 15.3. The average Bonchev–Trinajstić information content (AvgIpc) is 2.56. The predicted molar refractivity (Wildman–Crippen MR) is 108 cm³/mol. The van der Waals surface area contributed by atoms with E-state index in [1.165, 1.54) is 6.16 Å². The van der Waals surface area contributed by atoms with Gasteiger partial charge < -0.3 is 0 Å². The molecule has 8 bridgehead atoms. The molecule has 0 spiro atoms. The summed E-state index contributed by atoms with van der Waals surface area (Å²) in [5, 5.41) is 11.1. The largest absolute Gasteiger partial charge is 0.198 e. The molecule has 26 heavy (non-hydrogen) atoms. The predicted octanol–water partition coefficient (Wildman–Crippen LogP) is 6.57. The number of hydrogen-bond acceptors (Lipinski definition) is 1. The quantitative estimate of drug-likeness (QED) is 0.514. The van der Waals surface area contributed by atoms with Crippen molar-refractivity contribution in [2.24, 2.45) is 41.4 Å². The summed E-state index contributed by atoms with van der Waals surface area (Å²) in [6.07, 6.45) is 20.1. The molecule has 1 nitrogen and oxygen atoms in total. The summed E-state index contributed by atoms with van der Waals surface area (Å²) in [7, 11) is 0.0234. The van der Waals surface area contributed by atoms with E-state index in [0.717, 1.165) is 35.5 Å². The Hall–Kier alpha value is -0.0800. The number of nitriles is 1. The van der Waals surface area contributed by atoms with Crippen LogP contribution in [0.1, 0.15) is 84.0 Å². The van der Waals surface area contributed by atoms with Gasteiger partial charge in [0.1, 0.15) is 0 Å². The monoisotopic (exact) mass is 369 g/mol. The van der Waals surface area contributed by atoms with Gasteiger partial charge in [-0.3, -0.25) is 0 Å². The van der Waals surface area contributed by atoms with Crippen LogP contribution in [0, 0.1) is 52.8 Å². The van der Waals surface area contributed by atoms with Crippen molar-refractivity contribution in [2.75, 3.05) is 6.16 Å². The third-order valence-electron chi connectivity index (χ3n) is 9.83. The van der Waals surface area contributed by atoms with E-state index in [1.807, 2.05) is 0 Å². The Morgan fingerprint density at radius 1 is 0.731 bits per heavy atom. The zero-order valence-electron chi connectivity index (χ0n) is 16.6. The van der Waals surface area contributed by atoms with E-state index in [-0.39, 0.29) is 7.92 Å². The molecular weight excluding hydrogens is 333 g/mol. The number of nitrogens with zero attached hydrogens (tertiary/aromatic N) is 1. The standard InChI is InChI=1S/C24H36NP/c1-16(14-25)15-26(23-8-17-2-18(9-23)4-19(3-17)10-23)24-11-20-5-21(12-24)7-22(6-20)13-24/h16-22H,2-13,15H2,1H3/t16-,17?,18?,19?,20?,21?,22?,23?,24?,26?/m1/s1. The van der Waals surface area contributed by atoms with Gasteiger partial charge in [-0.1, -0.05) is 7.92 Å². The highest BCUT2D eigenvalue weighted by Gasteiger charge is 2.62. The van der Waals surface area contributed by atoms with Gasteiger partial charge in [0.2, 0.25) is 0 Å². The highest BCUT2D eigenvalue weighted by atomic mass is 31.1. The van der Waals surface area contributed by atoms with Gasteiger partial charge in [-0.15, -0.1) is 0 Å². The van der Waals surface area contributed by atoms with E-state index < -0.39 is 0 Å². The van der Waals surface area contributed by atoms with Crippen LogP contribution in [0.3, 0.4) is 0 Å². The molecule has 0 aromatic rings. The second-order valence-electron chi connectivity index (χ2n) is 11.9. The fourth-order valence-electron chi connectivity index (χ4n) is 10.00. The van der Waals surface area contributed by atoms with Crippen molar-refractivity contribution in [3.63, 3.8) is 0 Å². The van der Waals surface area contributed by atoms with Crippen LogP contribution >= 0.6 is 7.92 Å². The van der Waals surface area contributed by atoms with Gasteiger partial charge in [-0.25, -0.2) is 0 Å². The Morgan fingerprint density at radius 3 is 1.31 bits per heavy atom.